The van der Waals surface area contributed by atoms with Crippen molar-refractivity contribution < 1.29 is 33.5 Å². The van der Waals surface area contributed by atoms with Crippen molar-refractivity contribution in [3.63, 3.8) is 0 Å². The highest BCUT2D eigenvalue weighted by molar-refractivity contribution is 6.39. The van der Waals surface area contributed by atoms with E-state index in [4.69, 9.17) is 15.2 Å². The van der Waals surface area contributed by atoms with Gasteiger partial charge in [-0.05, 0) is 142 Å². The number of nitrogens with zero attached hydrogens (tertiary/aromatic N) is 3. The minimum absolute atomic E-state index is 0.194. The highest BCUT2D eigenvalue weighted by atomic mass is 16.5. The van der Waals surface area contributed by atoms with Crippen LogP contribution in [-0.2, 0) is 4.79 Å². The molecule has 0 radical (unpaired) electrons. The zero-order valence-electron chi connectivity index (χ0n) is 40.6. The van der Waals surface area contributed by atoms with Gasteiger partial charge in [-0.2, -0.15) is 4.58 Å². The van der Waals surface area contributed by atoms with Crippen LogP contribution in [0.3, 0.4) is 0 Å². The van der Waals surface area contributed by atoms with Gasteiger partial charge in [0.25, 0.3) is 11.8 Å². The summed E-state index contributed by atoms with van der Waals surface area (Å²) in [6.45, 7) is 2.46. The average molecular weight is 941 g/mol. The minimum atomic E-state index is -0.203. The second-order valence-electron chi connectivity index (χ2n) is 19.4. The summed E-state index contributed by atoms with van der Waals surface area (Å²) in [5.41, 5.74) is 12.7. The Labute approximate surface area is 413 Å². The van der Waals surface area contributed by atoms with E-state index in [-0.39, 0.29) is 34.5 Å². The van der Waals surface area contributed by atoms with Gasteiger partial charge in [-0.15, -0.1) is 0 Å². The Morgan fingerprint density at radius 2 is 1.11 bits per heavy atom. The molecule has 2 saturated carbocycles. The molecule has 4 aromatic carbocycles. The number of hydrogen-bond donors (Lipinski definition) is 1. The third-order valence-electron chi connectivity index (χ3n) is 14.7. The summed E-state index contributed by atoms with van der Waals surface area (Å²) in [5, 5.41) is 13.8. The molecule has 2 fully saturated rings. The number of carbonyl (C=O) groups is 3. The van der Waals surface area contributed by atoms with Crippen molar-refractivity contribution in [3.8, 4) is 11.5 Å². The normalized spacial score (nSPS) is 17.4. The summed E-state index contributed by atoms with van der Waals surface area (Å²) in [7, 11) is 0. The molecule has 0 unspecified atom stereocenters. The van der Waals surface area contributed by atoms with E-state index < -0.39 is 0 Å². The Morgan fingerprint density at radius 1 is 0.586 bits per heavy atom. The number of fused-ring (bicyclic) bond motifs is 1. The van der Waals surface area contributed by atoms with Gasteiger partial charge in [0.2, 0.25) is 11.4 Å². The van der Waals surface area contributed by atoms with Crippen molar-refractivity contribution in [1.82, 2.24) is 4.90 Å². The van der Waals surface area contributed by atoms with E-state index in [1.165, 1.54) is 43.4 Å². The zero-order chi connectivity index (χ0) is 48.2. The standard InChI is InChI=1S/C60H68N4O6/c61-39-13-1-3-15-41-69-51-35-31-49(32-36-51)63(45-17-7-5-8-18-45)47-27-23-43(24-28-47)55-57(65)56(58(55)66)44-25-29-48(30-26-44)64(46-19-9-6-10-20-46)50-33-37-52(38-34-50)70-42-16-4-2-14-40-62-59(67)53-21-11-12-22-54(53)60(62)68/h11-12,21-38,45-46H,1-10,13-20,39-42,61H2. The number of allylic oxidation sites excluding steroid dienone is 7. The van der Waals surface area contributed by atoms with Gasteiger partial charge in [0.15, 0.2) is 11.8 Å². The lowest BCUT2D eigenvalue weighted by atomic mass is 9.80. The lowest BCUT2D eigenvalue weighted by molar-refractivity contribution is -0.488. The molecule has 364 valence electrons. The number of ketones is 1. The summed E-state index contributed by atoms with van der Waals surface area (Å²) < 4.78 is 14.6. The van der Waals surface area contributed by atoms with Crippen LogP contribution in [0.25, 0.3) is 5.57 Å². The van der Waals surface area contributed by atoms with Crippen LogP contribution >= 0.6 is 0 Å². The van der Waals surface area contributed by atoms with E-state index in [0.29, 0.717) is 54.1 Å². The molecule has 9 rings (SSSR count). The fourth-order valence-electron chi connectivity index (χ4n) is 10.9. The fourth-order valence-corrected chi connectivity index (χ4v) is 10.9. The Bertz CT molecular complexity index is 2590. The Hall–Kier alpha value is -6.52. The molecule has 0 aromatic heterocycles. The van der Waals surface area contributed by atoms with E-state index in [0.717, 1.165) is 118 Å². The minimum Gasteiger partial charge on any atom is -0.871 e. The highest BCUT2D eigenvalue weighted by Gasteiger charge is 2.35. The van der Waals surface area contributed by atoms with E-state index in [2.05, 4.69) is 58.0 Å². The second kappa shape index (κ2) is 23.4. The van der Waals surface area contributed by atoms with Crippen molar-refractivity contribution >= 4 is 45.9 Å². The van der Waals surface area contributed by atoms with Gasteiger partial charge in [-0.25, -0.2) is 0 Å². The van der Waals surface area contributed by atoms with E-state index in [1.54, 1.807) is 24.3 Å². The molecule has 2 amide bonds. The van der Waals surface area contributed by atoms with Crippen LogP contribution in [0.5, 0.6) is 11.5 Å². The molecule has 2 N–H and O–H groups in total. The molecule has 0 saturated heterocycles. The largest absolute Gasteiger partial charge is 0.871 e. The van der Waals surface area contributed by atoms with Gasteiger partial charge < -0.3 is 25.2 Å². The molecular weight excluding hydrogens is 873 g/mol. The van der Waals surface area contributed by atoms with Crippen molar-refractivity contribution in [2.75, 3.05) is 31.2 Å². The second-order valence-corrected chi connectivity index (χ2v) is 19.4. The summed E-state index contributed by atoms with van der Waals surface area (Å²) in [5.74, 6) is 0.892. The highest BCUT2D eigenvalue weighted by Crippen LogP contribution is 2.40. The number of anilines is 2. The van der Waals surface area contributed by atoms with Crippen molar-refractivity contribution in [2.24, 2.45) is 5.73 Å². The number of hydrogen-bond acceptors (Lipinski definition) is 8. The summed E-state index contributed by atoms with van der Waals surface area (Å²) in [4.78, 5) is 42.9. The maximum atomic E-state index is 13.8. The van der Waals surface area contributed by atoms with Gasteiger partial charge >= 0.3 is 0 Å². The first kappa shape index (κ1) is 48.5. The number of benzene rings is 4. The summed E-state index contributed by atoms with van der Waals surface area (Å²) >= 11 is 0. The number of nitrogens with two attached hydrogens (primary N) is 1. The van der Waals surface area contributed by atoms with Crippen LogP contribution in [0, 0.1) is 0 Å². The Balaban J connectivity index is 0.823. The van der Waals surface area contributed by atoms with Gasteiger partial charge in [0.1, 0.15) is 11.5 Å². The van der Waals surface area contributed by atoms with Gasteiger partial charge in [0.05, 0.1) is 24.3 Å². The van der Waals surface area contributed by atoms with Crippen LogP contribution in [0.4, 0.5) is 17.1 Å². The molecule has 10 heteroatoms. The number of rotatable bonds is 21. The van der Waals surface area contributed by atoms with Crippen LogP contribution in [0.1, 0.15) is 142 Å². The van der Waals surface area contributed by atoms with Crippen LogP contribution < -0.4 is 25.2 Å². The maximum Gasteiger partial charge on any atom is 0.261 e. The average Bonchev–Trinajstić information content (AvgIpc) is 3.64. The van der Waals surface area contributed by atoms with Crippen molar-refractivity contribution in [3.05, 3.63) is 155 Å². The van der Waals surface area contributed by atoms with Crippen LogP contribution in [0.15, 0.2) is 138 Å². The molecule has 10 nitrogen and oxygen atoms in total. The topological polar surface area (TPSA) is 128 Å². The van der Waals surface area contributed by atoms with Gasteiger partial charge in [0, 0.05) is 72.2 Å². The molecule has 0 bridgehead atoms. The molecule has 0 atom stereocenters. The predicted molar refractivity (Wildman–Crippen MR) is 276 cm³/mol. The predicted octanol–water partition coefficient (Wildman–Crippen LogP) is 11.5. The van der Waals surface area contributed by atoms with Gasteiger partial charge in [-0.3, -0.25) is 19.3 Å². The maximum absolute atomic E-state index is 13.8. The first-order valence-electron chi connectivity index (χ1n) is 26.1. The molecule has 1 aliphatic heterocycles. The van der Waals surface area contributed by atoms with E-state index in [1.807, 2.05) is 48.6 Å². The molecule has 4 aliphatic carbocycles. The molecular formula is C60H68N4O6. The number of ether oxygens (including phenoxy) is 2. The van der Waals surface area contributed by atoms with Crippen LogP contribution in [-0.4, -0.2) is 71.2 Å². The SMILES string of the molecule is NCCCCCCOc1ccc(N(c2ccc(C3=C([O-])C(=C4C=CC(=[N+](c5ccc(OCCCCCCN6C(=O)c7ccccc7C6=O)cc5)C5CCCCC5)C=C4)C3=O)cc2)C2CCCCC2)cc1. The summed E-state index contributed by atoms with van der Waals surface area (Å²) in [6, 6.07) is 32.4. The van der Waals surface area contributed by atoms with E-state index in [9.17, 15) is 19.5 Å². The lowest BCUT2D eigenvalue weighted by Gasteiger charge is -2.37. The lowest BCUT2D eigenvalue weighted by Crippen LogP contribution is -2.33. The van der Waals surface area contributed by atoms with E-state index >= 15 is 0 Å². The monoisotopic (exact) mass is 941 g/mol. The third kappa shape index (κ3) is 11.1. The first-order valence-corrected chi connectivity index (χ1v) is 26.1. The fraction of sp³-hybridized carbons (Fsp3) is 0.400. The quantitative estimate of drug-likeness (QED) is 0.0378. The van der Waals surface area contributed by atoms with Crippen molar-refractivity contribution in [1.29, 1.82) is 0 Å². The van der Waals surface area contributed by atoms with Crippen LogP contribution in [0.2, 0.25) is 0 Å². The number of carbonyl (C=O) groups excluding carboxylic acids is 3. The number of Topliss-reactive ketones (excluding diaryl/α,β-unsaturated/α-hetero) is 1. The molecule has 4 aromatic rings. The Morgan fingerprint density at radius 3 is 1.69 bits per heavy atom. The molecule has 5 aliphatic rings. The first-order chi connectivity index (χ1) is 34.4. The number of unbranched alkanes of at least 4 members (excludes halogenated alkanes) is 6. The number of imide groups is 1. The third-order valence-corrected chi connectivity index (χ3v) is 14.7. The zero-order valence-corrected chi connectivity index (χ0v) is 40.6. The molecule has 70 heavy (non-hydrogen) atoms. The molecule has 1 heterocycles. The number of amides is 2. The van der Waals surface area contributed by atoms with Gasteiger partial charge in [-0.1, -0.05) is 81.4 Å². The Kier molecular flexibility index (Phi) is 16.2. The van der Waals surface area contributed by atoms with Crippen molar-refractivity contribution in [2.45, 2.75) is 128 Å². The molecule has 0 spiro atoms. The summed E-state index contributed by atoms with van der Waals surface area (Å²) in [6.07, 6.45) is 27.4. The smallest absolute Gasteiger partial charge is 0.261 e.